The van der Waals surface area contributed by atoms with E-state index in [4.69, 9.17) is 9.97 Å². The number of hydrogen-bond acceptors (Lipinski definition) is 2. The average molecular weight is 687 g/mol. The molecule has 10 rings (SSSR count). The Kier molecular flexibility index (Phi) is 7.85. The van der Waals surface area contributed by atoms with Gasteiger partial charge in [0.25, 0.3) is 0 Å². The Hall–Kier alpha value is -7.16. The summed E-state index contributed by atoms with van der Waals surface area (Å²) in [5.41, 5.74) is 12.0. The molecule has 1 heterocycles. The highest BCUT2D eigenvalue weighted by Gasteiger charge is 2.14. The summed E-state index contributed by atoms with van der Waals surface area (Å²) in [5.74, 6) is 0.703. The predicted molar refractivity (Wildman–Crippen MR) is 227 cm³/mol. The van der Waals surface area contributed by atoms with Gasteiger partial charge in [-0.25, -0.2) is 9.97 Å². The Balaban J connectivity index is 1.01. The van der Waals surface area contributed by atoms with Crippen molar-refractivity contribution in [2.75, 3.05) is 0 Å². The van der Waals surface area contributed by atoms with Crippen LogP contribution in [0.3, 0.4) is 0 Å². The molecule has 0 amide bonds. The molecule has 0 aliphatic heterocycles. The number of hydrogen-bond donors (Lipinski definition) is 0. The highest BCUT2D eigenvalue weighted by Crippen LogP contribution is 2.40. The van der Waals surface area contributed by atoms with E-state index in [0.29, 0.717) is 5.82 Å². The van der Waals surface area contributed by atoms with Crippen LogP contribution in [0.1, 0.15) is 0 Å². The summed E-state index contributed by atoms with van der Waals surface area (Å²) >= 11 is 0. The lowest BCUT2D eigenvalue weighted by Crippen LogP contribution is -1.96. The largest absolute Gasteiger partial charge is 0.228 e. The molecule has 0 unspecified atom stereocenters. The standard InChI is InChI=1S/C52H34N2/c1-3-12-35(13-4-1)42-18-11-19-44(32-42)50-34-49(39-15-5-2-6-16-39)53-52(54-50)41-28-24-37(25-29-41)36-22-26-40(27-23-36)51-46-21-10-8-17-43(46)33-48-45-20-9-7-14-38(45)30-31-47(48)51/h1-34H. The number of aromatic nitrogens is 2. The van der Waals surface area contributed by atoms with Crippen LogP contribution in [0.25, 0.3) is 99.6 Å². The van der Waals surface area contributed by atoms with E-state index in [9.17, 15) is 0 Å². The van der Waals surface area contributed by atoms with E-state index in [1.54, 1.807) is 0 Å². The molecule has 252 valence electrons. The maximum atomic E-state index is 5.14. The van der Waals surface area contributed by atoms with Crippen molar-refractivity contribution >= 4 is 32.3 Å². The van der Waals surface area contributed by atoms with E-state index in [1.807, 2.05) is 12.1 Å². The Morgan fingerprint density at radius 1 is 0.241 bits per heavy atom. The Bertz CT molecular complexity index is 2950. The topological polar surface area (TPSA) is 25.8 Å². The van der Waals surface area contributed by atoms with Gasteiger partial charge in [-0.05, 0) is 83.9 Å². The highest BCUT2D eigenvalue weighted by molar-refractivity contribution is 6.20. The van der Waals surface area contributed by atoms with Gasteiger partial charge < -0.3 is 0 Å². The van der Waals surface area contributed by atoms with Crippen molar-refractivity contribution in [1.29, 1.82) is 0 Å². The molecule has 0 spiro atoms. The lowest BCUT2D eigenvalue weighted by molar-refractivity contribution is 1.18. The van der Waals surface area contributed by atoms with Gasteiger partial charge in [0.15, 0.2) is 5.82 Å². The molecule has 1 aromatic heterocycles. The molecular weight excluding hydrogens is 653 g/mol. The first-order valence-corrected chi connectivity index (χ1v) is 18.4. The fraction of sp³-hybridized carbons (Fsp3) is 0. The quantitative estimate of drug-likeness (QED) is 0.129. The SMILES string of the molecule is c1ccc(-c2cccc(-c3cc(-c4ccccc4)nc(-c4ccc(-c5ccc(-c6c7ccccc7cc7c6ccc6ccccc67)cc5)cc4)n3)c2)cc1. The number of fused-ring (bicyclic) bond motifs is 4. The van der Waals surface area contributed by atoms with Crippen LogP contribution in [0.5, 0.6) is 0 Å². The first-order chi connectivity index (χ1) is 26.7. The lowest BCUT2D eigenvalue weighted by atomic mass is 9.89. The molecule has 0 N–H and O–H groups in total. The first-order valence-electron chi connectivity index (χ1n) is 18.4. The summed E-state index contributed by atoms with van der Waals surface area (Å²) in [7, 11) is 0. The molecule has 10 aromatic rings. The van der Waals surface area contributed by atoms with Gasteiger partial charge in [0.05, 0.1) is 11.4 Å². The van der Waals surface area contributed by atoms with Crippen molar-refractivity contribution in [1.82, 2.24) is 9.97 Å². The van der Waals surface area contributed by atoms with Gasteiger partial charge in [0.2, 0.25) is 0 Å². The fourth-order valence-corrected chi connectivity index (χ4v) is 7.74. The van der Waals surface area contributed by atoms with Crippen molar-refractivity contribution in [2.24, 2.45) is 0 Å². The van der Waals surface area contributed by atoms with E-state index in [-0.39, 0.29) is 0 Å². The molecule has 0 aliphatic carbocycles. The third-order valence-electron chi connectivity index (χ3n) is 10.5. The highest BCUT2D eigenvalue weighted by atomic mass is 14.9. The summed E-state index contributed by atoms with van der Waals surface area (Å²) < 4.78 is 0. The van der Waals surface area contributed by atoms with E-state index in [1.165, 1.54) is 49.0 Å². The molecule has 0 aliphatic rings. The van der Waals surface area contributed by atoms with Crippen LogP contribution >= 0.6 is 0 Å². The Morgan fingerprint density at radius 3 is 1.48 bits per heavy atom. The zero-order valence-electron chi connectivity index (χ0n) is 29.5. The molecule has 2 nitrogen and oxygen atoms in total. The second-order valence-corrected chi connectivity index (χ2v) is 13.8. The van der Waals surface area contributed by atoms with Crippen LogP contribution in [0.4, 0.5) is 0 Å². The molecule has 0 radical (unpaired) electrons. The Morgan fingerprint density at radius 2 is 0.759 bits per heavy atom. The van der Waals surface area contributed by atoms with Crippen molar-refractivity contribution in [3.05, 3.63) is 206 Å². The third kappa shape index (κ3) is 5.81. The van der Waals surface area contributed by atoms with E-state index in [2.05, 4.69) is 194 Å². The van der Waals surface area contributed by atoms with Gasteiger partial charge >= 0.3 is 0 Å². The van der Waals surface area contributed by atoms with E-state index in [0.717, 1.165) is 44.8 Å². The minimum absolute atomic E-state index is 0.703. The summed E-state index contributed by atoms with van der Waals surface area (Å²) in [6, 6.07) is 73.4. The zero-order chi connectivity index (χ0) is 35.8. The number of rotatable bonds is 6. The summed E-state index contributed by atoms with van der Waals surface area (Å²) in [5, 5.41) is 7.61. The maximum absolute atomic E-state index is 5.14. The predicted octanol–water partition coefficient (Wildman–Crippen LogP) is 13.9. The van der Waals surface area contributed by atoms with E-state index >= 15 is 0 Å². The molecule has 2 heteroatoms. The first kappa shape index (κ1) is 31.6. The summed E-state index contributed by atoms with van der Waals surface area (Å²) in [4.78, 5) is 10.2. The molecule has 0 atom stereocenters. The average Bonchev–Trinajstić information content (AvgIpc) is 3.26. The number of nitrogens with zero attached hydrogens (tertiary/aromatic N) is 2. The van der Waals surface area contributed by atoms with Crippen molar-refractivity contribution in [3.8, 4) is 67.3 Å². The maximum Gasteiger partial charge on any atom is 0.160 e. The van der Waals surface area contributed by atoms with Gasteiger partial charge in [-0.1, -0.05) is 188 Å². The molecular formula is C52H34N2. The van der Waals surface area contributed by atoms with Gasteiger partial charge in [-0.3, -0.25) is 0 Å². The minimum atomic E-state index is 0.703. The van der Waals surface area contributed by atoms with Crippen molar-refractivity contribution in [3.63, 3.8) is 0 Å². The minimum Gasteiger partial charge on any atom is -0.228 e. The van der Waals surface area contributed by atoms with E-state index < -0.39 is 0 Å². The van der Waals surface area contributed by atoms with Crippen LogP contribution < -0.4 is 0 Å². The van der Waals surface area contributed by atoms with Crippen molar-refractivity contribution in [2.45, 2.75) is 0 Å². The zero-order valence-corrected chi connectivity index (χ0v) is 29.5. The summed E-state index contributed by atoms with van der Waals surface area (Å²) in [6.07, 6.45) is 0. The molecule has 0 saturated heterocycles. The monoisotopic (exact) mass is 686 g/mol. The lowest BCUT2D eigenvalue weighted by Gasteiger charge is -2.14. The van der Waals surface area contributed by atoms with Crippen LogP contribution in [-0.4, -0.2) is 9.97 Å². The fourth-order valence-electron chi connectivity index (χ4n) is 7.74. The molecule has 0 fully saturated rings. The number of benzene rings is 9. The molecule has 9 aromatic carbocycles. The normalized spacial score (nSPS) is 11.3. The molecule has 0 bridgehead atoms. The second kappa shape index (κ2) is 13.4. The van der Waals surface area contributed by atoms with Crippen LogP contribution in [0.15, 0.2) is 206 Å². The van der Waals surface area contributed by atoms with Gasteiger partial charge in [0.1, 0.15) is 0 Å². The summed E-state index contributed by atoms with van der Waals surface area (Å²) in [6.45, 7) is 0. The van der Waals surface area contributed by atoms with Gasteiger partial charge in [-0.2, -0.15) is 0 Å². The van der Waals surface area contributed by atoms with Crippen LogP contribution in [0.2, 0.25) is 0 Å². The molecule has 54 heavy (non-hydrogen) atoms. The second-order valence-electron chi connectivity index (χ2n) is 13.8. The smallest absolute Gasteiger partial charge is 0.160 e. The molecule has 0 saturated carbocycles. The van der Waals surface area contributed by atoms with Crippen LogP contribution in [-0.2, 0) is 0 Å². The van der Waals surface area contributed by atoms with Gasteiger partial charge in [-0.15, -0.1) is 0 Å². The third-order valence-corrected chi connectivity index (χ3v) is 10.5. The van der Waals surface area contributed by atoms with Crippen LogP contribution in [0, 0.1) is 0 Å². The Labute approximate surface area is 314 Å². The van der Waals surface area contributed by atoms with Crippen molar-refractivity contribution < 1.29 is 0 Å². The van der Waals surface area contributed by atoms with Gasteiger partial charge in [0, 0.05) is 16.7 Å².